The van der Waals surface area contributed by atoms with Crippen LogP contribution in [0, 0.1) is 0 Å². The lowest BCUT2D eigenvalue weighted by molar-refractivity contribution is 0.0902. The molecule has 1 atom stereocenters. The fourth-order valence-corrected chi connectivity index (χ4v) is 2.17. The zero-order chi connectivity index (χ0) is 12.1. The van der Waals surface area contributed by atoms with Crippen molar-refractivity contribution in [2.24, 2.45) is 5.73 Å². The highest BCUT2D eigenvalue weighted by atomic mass is 35.5. The van der Waals surface area contributed by atoms with Crippen molar-refractivity contribution in [2.75, 3.05) is 13.2 Å². The van der Waals surface area contributed by atoms with E-state index in [2.05, 4.69) is 0 Å². The van der Waals surface area contributed by atoms with Crippen molar-refractivity contribution in [1.29, 1.82) is 0 Å². The average Bonchev–Trinajstić information content (AvgIpc) is 2.82. The smallest absolute Gasteiger partial charge is 0.125 e. The van der Waals surface area contributed by atoms with Crippen molar-refractivity contribution >= 4 is 11.6 Å². The van der Waals surface area contributed by atoms with Crippen LogP contribution in [0.25, 0.3) is 0 Å². The largest absolute Gasteiger partial charge is 0.493 e. The van der Waals surface area contributed by atoms with Crippen molar-refractivity contribution in [2.45, 2.75) is 31.9 Å². The molecule has 1 aliphatic rings. The molecule has 0 saturated carbocycles. The van der Waals surface area contributed by atoms with Gasteiger partial charge in [0.15, 0.2) is 0 Å². The minimum absolute atomic E-state index is 0.357. The summed E-state index contributed by atoms with van der Waals surface area (Å²) in [5, 5.41) is 0.675. The third kappa shape index (κ3) is 3.60. The zero-order valence-electron chi connectivity index (χ0n) is 9.82. The molecule has 1 saturated heterocycles. The first-order chi connectivity index (χ1) is 8.29. The summed E-state index contributed by atoms with van der Waals surface area (Å²) in [6.45, 7) is 2.00. The lowest BCUT2D eigenvalue weighted by atomic mass is 10.2. The van der Waals surface area contributed by atoms with Gasteiger partial charge in [-0.15, -0.1) is 0 Å². The quantitative estimate of drug-likeness (QED) is 0.880. The van der Waals surface area contributed by atoms with Gasteiger partial charge in [-0.25, -0.2) is 0 Å². The van der Waals surface area contributed by atoms with Gasteiger partial charge in [0.25, 0.3) is 0 Å². The molecule has 1 unspecified atom stereocenters. The minimum Gasteiger partial charge on any atom is -0.493 e. The van der Waals surface area contributed by atoms with Crippen LogP contribution in [-0.2, 0) is 11.3 Å². The van der Waals surface area contributed by atoms with E-state index in [9.17, 15) is 0 Å². The molecule has 1 aliphatic heterocycles. The van der Waals surface area contributed by atoms with E-state index in [4.69, 9.17) is 26.8 Å². The highest BCUT2D eigenvalue weighted by molar-refractivity contribution is 6.30. The maximum atomic E-state index is 5.93. The predicted molar refractivity (Wildman–Crippen MR) is 68.4 cm³/mol. The van der Waals surface area contributed by atoms with Crippen LogP contribution in [0.15, 0.2) is 18.2 Å². The molecular formula is C13H18ClNO2. The minimum atomic E-state index is 0.357. The van der Waals surface area contributed by atoms with Crippen LogP contribution in [0.4, 0.5) is 0 Å². The molecule has 4 heteroatoms. The summed E-state index contributed by atoms with van der Waals surface area (Å²) in [4.78, 5) is 0. The first-order valence-electron chi connectivity index (χ1n) is 6.02. The molecule has 2 rings (SSSR count). The number of halogens is 1. The Hall–Kier alpha value is -0.770. The summed E-state index contributed by atoms with van der Waals surface area (Å²) in [6.07, 6.45) is 3.59. The Balaban J connectivity index is 1.86. The second-order valence-corrected chi connectivity index (χ2v) is 4.66. The Labute approximate surface area is 107 Å². The van der Waals surface area contributed by atoms with Gasteiger partial charge in [0.2, 0.25) is 0 Å². The summed E-state index contributed by atoms with van der Waals surface area (Å²) in [7, 11) is 0. The van der Waals surface area contributed by atoms with Gasteiger partial charge >= 0.3 is 0 Å². The number of ether oxygens (including phenoxy) is 2. The molecule has 94 valence electrons. The van der Waals surface area contributed by atoms with Gasteiger partial charge in [0.1, 0.15) is 5.75 Å². The number of hydrogen-bond acceptors (Lipinski definition) is 3. The molecule has 0 aliphatic carbocycles. The molecule has 0 spiro atoms. The van der Waals surface area contributed by atoms with E-state index >= 15 is 0 Å². The number of hydrogen-bond donors (Lipinski definition) is 1. The Morgan fingerprint density at radius 3 is 3.06 bits per heavy atom. The lowest BCUT2D eigenvalue weighted by Crippen LogP contribution is -2.11. The van der Waals surface area contributed by atoms with Crippen LogP contribution < -0.4 is 10.5 Å². The van der Waals surface area contributed by atoms with E-state index in [1.165, 1.54) is 0 Å². The van der Waals surface area contributed by atoms with Gasteiger partial charge in [-0.1, -0.05) is 17.7 Å². The van der Waals surface area contributed by atoms with Crippen LogP contribution in [0.3, 0.4) is 0 Å². The molecular weight excluding hydrogens is 238 g/mol. The van der Waals surface area contributed by atoms with E-state index in [1.54, 1.807) is 0 Å². The average molecular weight is 256 g/mol. The third-order valence-corrected chi connectivity index (χ3v) is 3.21. The predicted octanol–water partition coefficient (Wildman–Crippen LogP) is 2.75. The van der Waals surface area contributed by atoms with E-state index in [-0.39, 0.29) is 0 Å². The Morgan fingerprint density at radius 2 is 2.35 bits per heavy atom. The normalized spacial score (nSPS) is 19.5. The van der Waals surface area contributed by atoms with E-state index in [0.717, 1.165) is 37.2 Å². The van der Waals surface area contributed by atoms with Crippen LogP contribution >= 0.6 is 11.6 Å². The highest BCUT2D eigenvalue weighted by Crippen LogP contribution is 2.24. The lowest BCUT2D eigenvalue weighted by Gasteiger charge is -2.13. The standard InChI is InChI=1S/C13H18ClNO2/c14-11-4-3-10(9-15)13(8-11)17-7-5-12-2-1-6-16-12/h3-4,8,12H,1-2,5-7,9,15H2. The van der Waals surface area contributed by atoms with E-state index in [1.807, 2.05) is 18.2 Å². The van der Waals surface area contributed by atoms with Crippen molar-refractivity contribution in [3.05, 3.63) is 28.8 Å². The van der Waals surface area contributed by atoms with Crippen LogP contribution in [0.5, 0.6) is 5.75 Å². The molecule has 0 radical (unpaired) electrons. The zero-order valence-corrected chi connectivity index (χ0v) is 10.6. The van der Waals surface area contributed by atoms with Gasteiger partial charge in [-0.2, -0.15) is 0 Å². The van der Waals surface area contributed by atoms with Crippen molar-refractivity contribution in [3.63, 3.8) is 0 Å². The molecule has 1 heterocycles. The highest BCUT2D eigenvalue weighted by Gasteiger charge is 2.15. The Morgan fingerprint density at radius 1 is 1.47 bits per heavy atom. The summed E-state index contributed by atoms with van der Waals surface area (Å²) < 4.78 is 11.3. The van der Waals surface area contributed by atoms with Gasteiger partial charge in [0, 0.05) is 30.2 Å². The first-order valence-corrected chi connectivity index (χ1v) is 6.40. The summed E-state index contributed by atoms with van der Waals surface area (Å²) >= 11 is 5.93. The second-order valence-electron chi connectivity index (χ2n) is 4.23. The summed E-state index contributed by atoms with van der Waals surface area (Å²) in [5.74, 6) is 0.790. The van der Waals surface area contributed by atoms with Gasteiger partial charge < -0.3 is 15.2 Å². The summed E-state index contributed by atoms with van der Waals surface area (Å²) in [5.41, 5.74) is 6.63. The molecule has 0 amide bonds. The molecule has 0 aromatic heterocycles. The monoisotopic (exact) mass is 255 g/mol. The van der Waals surface area contributed by atoms with Crippen LogP contribution in [0.1, 0.15) is 24.8 Å². The SMILES string of the molecule is NCc1ccc(Cl)cc1OCCC1CCCO1. The molecule has 0 bridgehead atoms. The van der Waals surface area contributed by atoms with Crippen molar-refractivity contribution in [3.8, 4) is 5.75 Å². The van der Waals surface area contributed by atoms with Crippen LogP contribution in [-0.4, -0.2) is 19.3 Å². The first kappa shape index (κ1) is 12.7. The molecule has 3 nitrogen and oxygen atoms in total. The van der Waals surface area contributed by atoms with Crippen molar-refractivity contribution < 1.29 is 9.47 Å². The van der Waals surface area contributed by atoms with E-state index in [0.29, 0.717) is 24.3 Å². The van der Waals surface area contributed by atoms with Gasteiger partial charge in [0.05, 0.1) is 12.7 Å². The Bertz CT molecular complexity index is 364. The van der Waals surface area contributed by atoms with Gasteiger partial charge in [-0.05, 0) is 25.0 Å². The third-order valence-electron chi connectivity index (χ3n) is 2.97. The number of benzene rings is 1. The fourth-order valence-electron chi connectivity index (χ4n) is 2.00. The fraction of sp³-hybridized carbons (Fsp3) is 0.538. The topological polar surface area (TPSA) is 44.5 Å². The number of nitrogens with two attached hydrogens (primary N) is 1. The molecule has 1 aromatic carbocycles. The van der Waals surface area contributed by atoms with Crippen molar-refractivity contribution in [1.82, 2.24) is 0 Å². The second kappa shape index (κ2) is 6.24. The Kier molecular flexibility index (Phi) is 4.66. The maximum absolute atomic E-state index is 5.93. The molecule has 1 aromatic rings. The molecule has 1 fully saturated rings. The van der Waals surface area contributed by atoms with Crippen LogP contribution in [0.2, 0.25) is 5.02 Å². The van der Waals surface area contributed by atoms with Gasteiger partial charge in [-0.3, -0.25) is 0 Å². The number of rotatable bonds is 5. The molecule has 2 N–H and O–H groups in total. The van der Waals surface area contributed by atoms with E-state index < -0.39 is 0 Å². The maximum Gasteiger partial charge on any atom is 0.125 e. The summed E-state index contributed by atoms with van der Waals surface area (Å²) in [6, 6.07) is 5.56. The molecule has 17 heavy (non-hydrogen) atoms.